The van der Waals surface area contributed by atoms with E-state index in [-0.39, 0.29) is 34.9 Å². The summed E-state index contributed by atoms with van der Waals surface area (Å²) in [6, 6.07) is 11.8. The van der Waals surface area contributed by atoms with E-state index in [2.05, 4.69) is 15.9 Å². The van der Waals surface area contributed by atoms with E-state index in [1.807, 2.05) is 6.07 Å². The number of likely N-dealkylation sites (tertiary alicyclic amines) is 1. The van der Waals surface area contributed by atoms with Crippen molar-refractivity contribution in [2.24, 2.45) is 0 Å². The van der Waals surface area contributed by atoms with Crippen molar-refractivity contribution in [3.63, 3.8) is 0 Å². The van der Waals surface area contributed by atoms with Crippen LogP contribution in [0, 0.1) is 0 Å². The fourth-order valence-corrected chi connectivity index (χ4v) is 4.79. The van der Waals surface area contributed by atoms with Crippen molar-refractivity contribution in [3.05, 3.63) is 69.7 Å². The first-order chi connectivity index (χ1) is 15.1. The third kappa shape index (κ3) is 4.49. The molecule has 8 nitrogen and oxygen atoms in total. The molecule has 32 heavy (non-hydrogen) atoms. The molecule has 0 radical (unpaired) electrons. The summed E-state index contributed by atoms with van der Waals surface area (Å²) in [5.74, 6) is -1.92. The summed E-state index contributed by atoms with van der Waals surface area (Å²) in [6.07, 6.45) is 0. The molecule has 1 atom stereocenters. The SMILES string of the molecule is COCCN1C(=O)C(=O)C(=C(O)c2ccc(S(=O)(=O)N(C)C)cc2)[C@@H]1c1cccc(Br)c1. The number of amides is 1. The van der Waals surface area contributed by atoms with Crippen LogP contribution in [0.2, 0.25) is 0 Å². The molecule has 1 N–H and O–H groups in total. The van der Waals surface area contributed by atoms with Crippen molar-refractivity contribution in [2.75, 3.05) is 34.4 Å². The van der Waals surface area contributed by atoms with Crippen LogP contribution in [0.1, 0.15) is 17.2 Å². The van der Waals surface area contributed by atoms with E-state index >= 15 is 0 Å². The minimum Gasteiger partial charge on any atom is -0.507 e. The van der Waals surface area contributed by atoms with Crippen LogP contribution < -0.4 is 0 Å². The van der Waals surface area contributed by atoms with Crippen LogP contribution in [-0.2, 0) is 24.3 Å². The van der Waals surface area contributed by atoms with E-state index < -0.39 is 27.8 Å². The second kappa shape index (κ2) is 9.53. The Labute approximate surface area is 195 Å². The zero-order valence-corrected chi connectivity index (χ0v) is 20.2. The molecule has 170 valence electrons. The van der Waals surface area contributed by atoms with Gasteiger partial charge in [-0.25, -0.2) is 12.7 Å². The molecule has 1 amide bonds. The molecule has 0 spiro atoms. The smallest absolute Gasteiger partial charge is 0.295 e. The van der Waals surface area contributed by atoms with E-state index in [1.54, 1.807) is 18.2 Å². The molecule has 2 aromatic rings. The highest BCUT2D eigenvalue weighted by Gasteiger charge is 2.45. The summed E-state index contributed by atoms with van der Waals surface area (Å²) in [6.45, 7) is 0.379. The zero-order valence-electron chi connectivity index (χ0n) is 17.8. The van der Waals surface area contributed by atoms with E-state index in [0.717, 1.165) is 8.78 Å². The summed E-state index contributed by atoms with van der Waals surface area (Å²) in [5, 5.41) is 11.0. The average Bonchev–Trinajstić information content (AvgIpc) is 3.02. The van der Waals surface area contributed by atoms with Gasteiger partial charge in [-0.3, -0.25) is 9.59 Å². The molecule has 1 fully saturated rings. The van der Waals surface area contributed by atoms with Crippen molar-refractivity contribution in [3.8, 4) is 0 Å². The van der Waals surface area contributed by atoms with E-state index in [0.29, 0.717) is 5.56 Å². The van der Waals surface area contributed by atoms with Gasteiger partial charge in [0, 0.05) is 37.8 Å². The predicted octanol–water partition coefficient (Wildman–Crippen LogP) is 2.77. The minimum atomic E-state index is -3.65. The number of carbonyl (C=O) groups is 2. The van der Waals surface area contributed by atoms with Gasteiger partial charge in [-0.05, 0) is 42.0 Å². The largest absolute Gasteiger partial charge is 0.507 e. The van der Waals surface area contributed by atoms with Gasteiger partial charge >= 0.3 is 0 Å². The van der Waals surface area contributed by atoms with E-state index in [4.69, 9.17) is 4.74 Å². The molecule has 0 bridgehead atoms. The standard InChI is InChI=1S/C22H23BrN2O6S/c1-24(2)32(29,30)17-9-7-14(8-10-17)20(26)18-19(15-5-4-6-16(23)13-15)25(11-12-31-3)22(28)21(18)27/h4-10,13,19,26H,11-12H2,1-3H3/t19-/m0/s1. The fourth-order valence-electron chi connectivity index (χ4n) is 3.47. The van der Waals surface area contributed by atoms with Gasteiger partial charge in [0.05, 0.1) is 23.1 Å². The van der Waals surface area contributed by atoms with E-state index in [1.165, 1.54) is 50.4 Å². The van der Waals surface area contributed by atoms with Gasteiger partial charge in [0.25, 0.3) is 11.7 Å². The van der Waals surface area contributed by atoms with Crippen molar-refractivity contribution in [1.82, 2.24) is 9.21 Å². The summed E-state index contributed by atoms with van der Waals surface area (Å²) < 4.78 is 31.5. The van der Waals surface area contributed by atoms with Crippen LogP contribution in [0.25, 0.3) is 5.76 Å². The molecule has 0 aliphatic carbocycles. The molecule has 3 rings (SSSR count). The Morgan fingerprint density at radius 2 is 1.81 bits per heavy atom. The number of methoxy groups -OCH3 is 1. The van der Waals surface area contributed by atoms with E-state index in [9.17, 15) is 23.1 Å². The maximum atomic E-state index is 12.9. The number of benzene rings is 2. The number of Topliss-reactive ketones (excluding diaryl/α,β-unsaturated/α-hetero) is 1. The number of rotatable bonds is 7. The molecular formula is C22H23BrN2O6S. The summed E-state index contributed by atoms with van der Waals surface area (Å²) >= 11 is 3.40. The van der Waals surface area contributed by atoms with Crippen LogP contribution >= 0.6 is 15.9 Å². The summed E-state index contributed by atoms with van der Waals surface area (Å²) in [7, 11) is 0.685. The Morgan fingerprint density at radius 3 is 2.38 bits per heavy atom. The first-order valence-electron chi connectivity index (χ1n) is 9.65. The lowest BCUT2D eigenvalue weighted by atomic mass is 9.95. The van der Waals surface area contributed by atoms with Crippen molar-refractivity contribution in [1.29, 1.82) is 0 Å². The topological polar surface area (TPSA) is 104 Å². The van der Waals surface area contributed by atoms with Gasteiger partial charge < -0.3 is 14.7 Å². The molecule has 0 unspecified atom stereocenters. The van der Waals surface area contributed by atoms with Crippen LogP contribution in [0.15, 0.2) is 63.5 Å². The Hall–Kier alpha value is -2.53. The highest BCUT2D eigenvalue weighted by molar-refractivity contribution is 9.10. The van der Waals surface area contributed by atoms with Crippen molar-refractivity contribution < 1.29 is 27.9 Å². The number of aliphatic hydroxyl groups excluding tert-OH is 1. The Kier molecular flexibility index (Phi) is 7.19. The van der Waals surface area contributed by atoms with Gasteiger partial charge in [0.2, 0.25) is 10.0 Å². The van der Waals surface area contributed by atoms with Crippen molar-refractivity contribution in [2.45, 2.75) is 10.9 Å². The van der Waals surface area contributed by atoms with Gasteiger partial charge in [0.1, 0.15) is 5.76 Å². The number of sulfonamides is 1. The number of halogens is 1. The maximum Gasteiger partial charge on any atom is 0.295 e. The number of aliphatic hydroxyl groups is 1. The van der Waals surface area contributed by atoms with Gasteiger partial charge in [-0.1, -0.05) is 28.1 Å². The molecular weight excluding hydrogens is 500 g/mol. The second-order valence-corrected chi connectivity index (χ2v) is 10.4. The van der Waals surface area contributed by atoms with Crippen molar-refractivity contribution >= 4 is 43.4 Å². The molecule has 0 aromatic heterocycles. The number of ether oxygens (including phenoxy) is 1. The minimum absolute atomic E-state index is 0.0446. The maximum absolute atomic E-state index is 12.9. The van der Waals surface area contributed by atoms with Crippen LogP contribution in [-0.4, -0.2) is 68.8 Å². The Morgan fingerprint density at radius 1 is 1.16 bits per heavy atom. The summed E-state index contributed by atoms with van der Waals surface area (Å²) in [4.78, 5) is 27.1. The molecule has 10 heteroatoms. The number of hydrogen-bond donors (Lipinski definition) is 1. The van der Waals surface area contributed by atoms with Gasteiger partial charge in [-0.2, -0.15) is 0 Å². The number of ketones is 1. The molecule has 1 heterocycles. The highest BCUT2D eigenvalue weighted by Crippen LogP contribution is 2.40. The van der Waals surface area contributed by atoms with Crippen LogP contribution in [0.3, 0.4) is 0 Å². The van der Waals surface area contributed by atoms with Gasteiger partial charge in [-0.15, -0.1) is 0 Å². The zero-order chi connectivity index (χ0) is 23.6. The molecule has 2 aromatic carbocycles. The van der Waals surface area contributed by atoms with Crippen LogP contribution in [0.5, 0.6) is 0 Å². The number of hydrogen-bond acceptors (Lipinski definition) is 6. The van der Waals surface area contributed by atoms with Crippen LogP contribution in [0.4, 0.5) is 0 Å². The normalized spacial score (nSPS) is 18.5. The molecule has 1 saturated heterocycles. The third-order valence-corrected chi connectivity index (χ3v) is 7.47. The second-order valence-electron chi connectivity index (χ2n) is 7.35. The highest BCUT2D eigenvalue weighted by atomic mass is 79.9. The molecule has 0 saturated carbocycles. The lowest BCUT2D eigenvalue weighted by Gasteiger charge is -2.25. The lowest BCUT2D eigenvalue weighted by molar-refractivity contribution is -0.140. The monoisotopic (exact) mass is 522 g/mol. The number of carbonyl (C=O) groups excluding carboxylic acids is 2. The lowest BCUT2D eigenvalue weighted by Crippen LogP contribution is -2.32. The molecule has 1 aliphatic heterocycles. The number of nitrogens with zero attached hydrogens (tertiary/aromatic N) is 2. The quantitative estimate of drug-likeness (QED) is 0.340. The summed E-state index contributed by atoms with van der Waals surface area (Å²) in [5.41, 5.74) is 0.808. The Bertz CT molecular complexity index is 1180. The Balaban J connectivity index is 2.13. The fraction of sp³-hybridized carbons (Fsp3) is 0.273. The average molecular weight is 523 g/mol. The molecule has 1 aliphatic rings. The van der Waals surface area contributed by atoms with Gasteiger partial charge in [0.15, 0.2) is 0 Å². The third-order valence-electron chi connectivity index (χ3n) is 5.15. The predicted molar refractivity (Wildman–Crippen MR) is 122 cm³/mol. The first kappa shape index (κ1) is 24.1. The first-order valence-corrected chi connectivity index (χ1v) is 11.9.